The summed E-state index contributed by atoms with van der Waals surface area (Å²) in [4.78, 5) is 11.6. The number of carbonyl (C=O) groups is 1. The Labute approximate surface area is 101 Å². The summed E-state index contributed by atoms with van der Waals surface area (Å²) < 4.78 is 4.79. The summed E-state index contributed by atoms with van der Waals surface area (Å²) in [6.07, 6.45) is 4.08. The summed E-state index contributed by atoms with van der Waals surface area (Å²) in [6, 6.07) is 3.54. The number of phenols is 1. The molecule has 0 aromatic heterocycles. The third-order valence-corrected chi connectivity index (χ3v) is 3.57. The topological polar surface area (TPSA) is 46.5 Å². The summed E-state index contributed by atoms with van der Waals surface area (Å²) in [5, 5.41) is 9.84. The van der Waals surface area contributed by atoms with Gasteiger partial charge in [-0.05, 0) is 55.4 Å². The molecular weight excluding hydrogens is 216 g/mol. The van der Waals surface area contributed by atoms with Gasteiger partial charge in [-0.1, -0.05) is 6.07 Å². The minimum Gasteiger partial charge on any atom is -0.508 e. The van der Waals surface area contributed by atoms with Crippen LogP contribution in [-0.4, -0.2) is 18.2 Å². The first-order valence-corrected chi connectivity index (χ1v) is 6.06. The highest BCUT2D eigenvalue weighted by atomic mass is 16.5. The molecular formula is C14H18O3. The monoisotopic (exact) mass is 234 g/mol. The molecule has 0 heterocycles. The first-order valence-electron chi connectivity index (χ1n) is 6.06. The molecule has 1 aromatic carbocycles. The van der Waals surface area contributed by atoms with Crippen LogP contribution >= 0.6 is 0 Å². The van der Waals surface area contributed by atoms with Crippen molar-refractivity contribution in [3.8, 4) is 5.75 Å². The van der Waals surface area contributed by atoms with Gasteiger partial charge in [0, 0.05) is 0 Å². The van der Waals surface area contributed by atoms with Crippen molar-refractivity contribution in [3.05, 3.63) is 28.8 Å². The van der Waals surface area contributed by atoms with E-state index < -0.39 is 0 Å². The SMILES string of the molecule is COC(=O)C(C)c1ccc(O)c2c1CCCC2. The highest BCUT2D eigenvalue weighted by Crippen LogP contribution is 2.34. The maximum Gasteiger partial charge on any atom is 0.312 e. The number of methoxy groups -OCH3 is 1. The Morgan fingerprint density at radius 1 is 1.29 bits per heavy atom. The van der Waals surface area contributed by atoms with Crippen LogP contribution in [0.1, 0.15) is 42.4 Å². The second kappa shape index (κ2) is 4.78. The smallest absolute Gasteiger partial charge is 0.312 e. The fraction of sp³-hybridized carbons (Fsp3) is 0.500. The maximum absolute atomic E-state index is 11.6. The van der Waals surface area contributed by atoms with Crippen LogP contribution in [0.2, 0.25) is 0 Å². The predicted molar refractivity (Wildman–Crippen MR) is 65.2 cm³/mol. The molecule has 0 saturated heterocycles. The van der Waals surface area contributed by atoms with E-state index in [1.807, 2.05) is 13.0 Å². The summed E-state index contributed by atoms with van der Waals surface area (Å²) in [5.74, 6) is -0.114. The predicted octanol–water partition coefficient (Wildman–Crippen LogP) is 2.55. The van der Waals surface area contributed by atoms with Crippen LogP contribution in [0, 0.1) is 0 Å². The van der Waals surface area contributed by atoms with E-state index in [0.717, 1.165) is 42.4 Å². The number of fused-ring (bicyclic) bond motifs is 1. The van der Waals surface area contributed by atoms with Gasteiger partial charge in [-0.2, -0.15) is 0 Å². The molecule has 0 aliphatic heterocycles. The lowest BCUT2D eigenvalue weighted by Crippen LogP contribution is -2.15. The number of hydrogen-bond acceptors (Lipinski definition) is 3. The first-order chi connectivity index (χ1) is 8.15. The molecule has 1 aliphatic carbocycles. The molecule has 0 amide bonds. The van der Waals surface area contributed by atoms with Crippen molar-refractivity contribution < 1.29 is 14.6 Å². The van der Waals surface area contributed by atoms with E-state index >= 15 is 0 Å². The van der Waals surface area contributed by atoms with Gasteiger partial charge < -0.3 is 9.84 Å². The van der Waals surface area contributed by atoms with Gasteiger partial charge in [0.2, 0.25) is 0 Å². The third kappa shape index (κ3) is 2.14. The average Bonchev–Trinajstić information content (AvgIpc) is 2.38. The summed E-state index contributed by atoms with van der Waals surface area (Å²) >= 11 is 0. The molecule has 3 heteroatoms. The van der Waals surface area contributed by atoms with Crippen LogP contribution in [0.25, 0.3) is 0 Å². The molecule has 3 nitrogen and oxygen atoms in total. The molecule has 1 atom stereocenters. The highest BCUT2D eigenvalue weighted by molar-refractivity contribution is 5.78. The van der Waals surface area contributed by atoms with Crippen molar-refractivity contribution in [3.63, 3.8) is 0 Å². The summed E-state index contributed by atoms with van der Waals surface area (Å²) in [6.45, 7) is 1.85. The first kappa shape index (κ1) is 12.0. The Kier molecular flexibility index (Phi) is 3.36. The van der Waals surface area contributed by atoms with Crippen LogP contribution in [-0.2, 0) is 22.4 Å². The van der Waals surface area contributed by atoms with Crippen LogP contribution in [0.15, 0.2) is 12.1 Å². The van der Waals surface area contributed by atoms with E-state index in [1.54, 1.807) is 6.07 Å². The molecule has 1 unspecified atom stereocenters. The minimum absolute atomic E-state index is 0.219. The van der Waals surface area contributed by atoms with Crippen molar-refractivity contribution in [1.29, 1.82) is 0 Å². The molecule has 0 saturated carbocycles. The van der Waals surface area contributed by atoms with E-state index in [2.05, 4.69) is 0 Å². The van der Waals surface area contributed by atoms with Crippen molar-refractivity contribution in [2.24, 2.45) is 0 Å². The van der Waals surface area contributed by atoms with Gasteiger partial charge in [0.05, 0.1) is 13.0 Å². The molecule has 1 aromatic rings. The van der Waals surface area contributed by atoms with E-state index in [9.17, 15) is 9.90 Å². The molecule has 92 valence electrons. The molecule has 0 radical (unpaired) electrons. The summed E-state index contributed by atoms with van der Waals surface area (Å²) in [7, 11) is 1.41. The lowest BCUT2D eigenvalue weighted by Gasteiger charge is -2.22. The Balaban J connectivity index is 2.44. The van der Waals surface area contributed by atoms with E-state index in [1.165, 1.54) is 7.11 Å². The third-order valence-electron chi connectivity index (χ3n) is 3.57. The van der Waals surface area contributed by atoms with Gasteiger partial charge in [-0.15, -0.1) is 0 Å². The van der Waals surface area contributed by atoms with Gasteiger partial charge in [-0.25, -0.2) is 0 Å². The molecule has 0 spiro atoms. The van der Waals surface area contributed by atoms with Gasteiger partial charge in [-0.3, -0.25) is 4.79 Å². The molecule has 0 bridgehead atoms. The average molecular weight is 234 g/mol. The fourth-order valence-corrected chi connectivity index (χ4v) is 2.59. The zero-order chi connectivity index (χ0) is 12.4. The van der Waals surface area contributed by atoms with E-state index in [0.29, 0.717) is 5.75 Å². The van der Waals surface area contributed by atoms with Crippen LogP contribution in [0.3, 0.4) is 0 Å². The van der Waals surface area contributed by atoms with Gasteiger partial charge >= 0.3 is 5.97 Å². The second-order valence-electron chi connectivity index (χ2n) is 4.58. The van der Waals surface area contributed by atoms with Crippen molar-refractivity contribution in [1.82, 2.24) is 0 Å². The maximum atomic E-state index is 11.6. The van der Waals surface area contributed by atoms with Crippen molar-refractivity contribution >= 4 is 5.97 Å². The number of aromatic hydroxyl groups is 1. The standard InChI is InChI=1S/C14H18O3/c1-9(14(16)17-2)10-7-8-13(15)12-6-4-3-5-11(10)12/h7-9,15H,3-6H2,1-2H3. The van der Waals surface area contributed by atoms with Crippen LogP contribution in [0.5, 0.6) is 5.75 Å². The number of carbonyl (C=O) groups excluding carboxylic acids is 1. The fourth-order valence-electron chi connectivity index (χ4n) is 2.59. The second-order valence-corrected chi connectivity index (χ2v) is 4.58. The summed E-state index contributed by atoms with van der Waals surface area (Å²) in [5.41, 5.74) is 3.17. The Morgan fingerprint density at radius 3 is 2.59 bits per heavy atom. The lowest BCUT2D eigenvalue weighted by molar-refractivity contribution is -0.142. The number of rotatable bonds is 2. The van der Waals surface area contributed by atoms with E-state index in [4.69, 9.17) is 4.74 Å². The van der Waals surface area contributed by atoms with Gasteiger partial charge in [0.1, 0.15) is 5.75 Å². The van der Waals surface area contributed by atoms with Crippen LogP contribution in [0.4, 0.5) is 0 Å². The van der Waals surface area contributed by atoms with Crippen molar-refractivity contribution in [2.45, 2.75) is 38.5 Å². The lowest BCUT2D eigenvalue weighted by atomic mass is 9.83. The number of hydrogen-bond donors (Lipinski definition) is 1. The number of ether oxygens (including phenoxy) is 1. The quantitative estimate of drug-likeness (QED) is 0.800. The molecule has 1 aliphatic rings. The van der Waals surface area contributed by atoms with E-state index in [-0.39, 0.29) is 11.9 Å². The molecule has 1 N–H and O–H groups in total. The normalized spacial score (nSPS) is 16.1. The van der Waals surface area contributed by atoms with Crippen molar-refractivity contribution in [2.75, 3.05) is 7.11 Å². The molecule has 17 heavy (non-hydrogen) atoms. The zero-order valence-electron chi connectivity index (χ0n) is 10.3. The molecule has 2 rings (SSSR count). The minimum atomic E-state index is -0.257. The largest absolute Gasteiger partial charge is 0.508 e. The van der Waals surface area contributed by atoms with Gasteiger partial charge in [0.25, 0.3) is 0 Å². The number of esters is 1. The Hall–Kier alpha value is -1.51. The number of phenolic OH excluding ortho intramolecular Hbond substituents is 1. The molecule has 0 fully saturated rings. The van der Waals surface area contributed by atoms with Crippen LogP contribution < -0.4 is 0 Å². The highest BCUT2D eigenvalue weighted by Gasteiger charge is 2.23. The van der Waals surface area contributed by atoms with Gasteiger partial charge in [0.15, 0.2) is 0 Å². The number of benzene rings is 1. The zero-order valence-corrected chi connectivity index (χ0v) is 10.3. The Morgan fingerprint density at radius 2 is 1.94 bits per heavy atom. The Bertz CT molecular complexity index is 437.